The van der Waals surface area contributed by atoms with Crippen LogP contribution in [0.4, 0.5) is 0 Å². The summed E-state index contributed by atoms with van der Waals surface area (Å²) in [6.45, 7) is 7.93. The monoisotopic (exact) mass is 310 g/mol. The van der Waals surface area contributed by atoms with Crippen molar-refractivity contribution in [2.45, 2.75) is 32.9 Å². The van der Waals surface area contributed by atoms with Crippen molar-refractivity contribution in [2.24, 2.45) is 0 Å². The summed E-state index contributed by atoms with van der Waals surface area (Å²) in [6.07, 6.45) is 3.36. The first-order valence-corrected chi connectivity index (χ1v) is 9.22. The molecule has 120 valence electrons. The van der Waals surface area contributed by atoms with Crippen molar-refractivity contribution in [3.05, 3.63) is 29.8 Å². The summed E-state index contributed by atoms with van der Waals surface area (Å²) in [4.78, 5) is 2.41. The molecule has 0 bridgehead atoms. The van der Waals surface area contributed by atoms with Crippen LogP contribution in [0.5, 0.6) is 5.75 Å². The fourth-order valence-corrected chi connectivity index (χ4v) is 3.16. The Morgan fingerprint density at radius 1 is 1.29 bits per heavy atom. The van der Waals surface area contributed by atoms with Gasteiger partial charge in [-0.3, -0.25) is 4.90 Å². The Hall–Kier alpha value is -0.710. The predicted molar refractivity (Wildman–Crippen MR) is 94.4 cm³/mol. The molecule has 3 nitrogen and oxygen atoms in total. The smallest absolute Gasteiger partial charge is 0.123 e. The topological polar surface area (TPSA) is 24.5 Å². The van der Waals surface area contributed by atoms with Gasteiger partial charge in [0.1, 0.15) is 12.4 Å². The van der Waals surface area contributed by atoms with Gasteiger partial charge < -0.3 is 10.1 Å². The minimum atomic E-state index is 0.639. The van der Waals surface area contributed by atoms with Crippen molar-refractivity contribution >= 4 is 11.8 Å². The largest absolute Gasteiger partial charge is 0.492 e. The minimum absolute atomic E-state index is 0.639. The van der Waals surface area contributed by atoms with Crippen LogP contribution in [-0.2, 0) is 6.54 Å². The molecule has 0 heterocycles. The van der Waals surface area contributed by atoms with E-state index in [1.165, 1.54) is 17.7 Å². The Morgan fingerprint density at radius 2 is 2.05 bits per heavy atom. The Bertz CT molecular complexity index is 387. The summed E-state index contributed by atoms with van der Waals surface area (Å²) in [7, 11) is 2.19. The number of thioether (sulfide) groups is 1. The van der Waals surface area contributed by atoms with Crippen LogP contribution in [0.15, 0.2) is 24.3 Å². The van der Waals surface area contributed by atoms with E-state index in [9.17, 15) is 0 Å². The number of nitrogens with one attached hydrogen (secondary N) is 1. The normalized spacial score (nSPS) is 12.6. The Labute approximate surface area is 134 Å². The molecule has 1 rings (SSSR count). The van der Waals surface area contributed by atoms with Crippen molar-refractivity contribution in [2.75, 3.05) is 38.8 Å². The van der Waals surface area contributed by atoms with Crippen molar-refractivity contribution in [1.82, 2.24) is 10.2 Å². The van der Waals surface area contributed by atoms with E-state index < -0.39 is 0 Å². The van der Waals surface area contributed by atoms with Gasteiger partial charge in [-0.15, -0.1) is 0 Å². The van der Waals surface area contributed by atoms with Crippen molar-refractivity contribution in [3.63, 3.8) is 0 Å². The molecule has 0 saturated heterocycles. The third-order valence-electron chi connectivity index (χ3n) is 3.69. The SMILES string of the molecule is CCNCc1ccccc1OCCN(C)C(CC)CSC. The van der Waals surface area contributed by atoms with Gasteiger partial charge in [-0.2, -0.15) is 11.8 Å². The van der Waals surface area contributed by atoms with Crippen LogP contribution in [-0.4, -0.2) is 49.7 Å². The second kappa shape index (κ2) is 10.9. The van der Waals surface area contributed by atoms with E-state index in [1.807, 2.05) is 17.8 Å². The second-order valence-corrected chi connectivity index (χ2v) is 6.15. The van der Waals surface area contributed by atoms with Crippen LogP contribution in [0.3, 0.4) is 0 Å². The Balaban J connectivity index is 2.44. The van der Waals surface area contributed by atoms with Gasteiger partial charge >= 0.3 is 0 Å². The van der Waals surface area contributed by atoms with E-state index in [-0.39, 0.29) is 0 Å². The maximum atomic E-state index is 5.99. The van der Waals surface area contributed by atoms with Gasteiger partial charge in [0.2, 0.25) is 0 Å². The average Bonchev–Trinajstić information content (AvgIpc) is 2.51. The van der Waals surface area contributed by atoms with Crippen LogP contribution in [0.2, 0.25) is 0 Å². The van der Waals surface area contributed by atoms with E-state index >= 15 is 0 Å². The maximum Gasteiger partial charge on any atom is 0.123 e. The Morgan fingerprint density at radius 3 is 2.71 bits per heavy atom. The molecule has 0 aliphatic carbocycles. The number of rotatable bonds is 11. The quantitative estimate of drug-likeness (QED) is 0.678. The first-order chi connectivity index (χ1) is 10.2. The molecule has 1 aromatic carbocycles. The van der Waals surface area contributed by atoms with Crippen LogP contribution >= 0.6 is 11.8 Å². The molecule has 1 unspecified atom stereocenters. The first kappa shape index (κ1) is 18.3. The molecule has 0 spiro atoms. The lowest BCUT2D eigenvalue weighted by atomic mass is 10.2. The molecule has 0 radical (unpaired) electrons. The van der Waals surface area contributed by atoms with Gasteiger partial charge in [0.25, 0.3) is 0 Å². The van der Waals surface area contributed by atoms with Crippen LogP contribution in [0.1, 0.15) is 25.8 Å². The zero-order chi connectivity index (χ0) is 15.5. The summed E-state index contributed by atoms with van der Waals surface area (Å²) in [5, 5.41) is 3.36. The highest BCUT2D eigenvalue weighted by Gasteiger charge is 2.12. The fraction of sp³-hybridized carbons (Fsp3) is 0.647. The molecule has 0 aliphatic heterocycles. The summed E-state index contributed by atoms with van der Waals surface area (Å²) in [5.74, 6) is 2.19. The Kier molecular flexibility index (Phi) is 9.55. The number of ether oxygens (including phenoxy) is 1. The number of benzene rings is 1. The standard InChI is InChI=1S/C17H30N2OS/c1-5-16(14-21-4)19(3)11-12-20-17-10-8-7-9-15(17)13-18-6-2/h7-10,16,18H,5-6,11-14H2,1-4H3. The van der Waals surface area contributed by atoms with Gasteiger partial charge in [-0.05, 0) is 32.3 Å². The minimum Gasteiger partial charge on any atom is -0.492 e. The van der Waals surface area contributed by atoms with E-state index in [0.29, 0.717) is 6.04 Å². The van der Waals surface area contributed by atoms with Gasteiger partial charge in [0.05, 0.1) is 0 Å². The maximum absolute atomic E-state index is 5.99. The molecule has 0 amide bonds. The molecule has 0 aliphatic rings. The lowest BCUT2D eigenvalue weighted by Gasteiger charge is -2.26. The molecule has 1 aromatic rings. The molecule has 0 fully saturated rings. The molecule has 1 N–H and O–H groups in total. The predicted octanol–water partition coefficient (Wildman–Crippen LogP) is 3.25. The first-order valence-electron chi connectivity index (χ1n) is 7.83. The molecular weight excluding hydrogens is 280 g/mol. The highest BCUT2D eigenvalue weighted by molar-refractivity contribution is 7.98. The molecule has 21 heavy (non-hydrogen) atoms. The summed E-state index contributed by atoms with van der Waals surface area (Å²) in [6, 6.07) is 8.94. The van der Waals surface area contributed by atoms with Gasteiger partial charge in [-0.1, -0.05) is 32.0 Å². The number of hydrogen-bond donors (Lipinski definition) is 1. The van der Waals surface area contributed by atoms with Crippen molar-refractivity contribution in [3.8, 4) is 5.75 Å². The summed E-state index contributed by atoms with van der Waals surface area (Å²) >= 11 is 1.91. The lowest BCUT2D eigenvalue weighted by molar-refractivity contribution is 0.198. The van der Waals surface area contributed by atoms with E-state index in [0.717, 1.165) is 32.0 Å². The summed E-state index contributed by atoms with van der Waals surface area (Å²) in [5.41, 5.74) is 1.23. The number of hydrogen-bond acceptors (Lipinski definition) is 4. The number of para-hydroxylation sites is 1. The third kappa shape index (κ3) is 6.72. The highest BCUT2D eigenvalue weighted by atomic mass is 32.2. The molecule has 4 heteroatoms. The van der Waals surface area contributed by atoms with E-state index in [4.69, 9.17) is 4.74 Å². The molecule has 0 saturated carbocycles. The fourth-order valence-electron chi connectivity index (χ4n) is 2.28. The lowest BCUT2D eigenvalue weighted by Crippen LogP contribution is -2.36. The average molecular weight is 311 g/mol. The number of nitrogens with zero attached hydrogens (tertiary/aromatic N) is 1. The van der Waals surface area contributed by atoms with Gasteiger partial charge in [-0.25, -0.2) is 0 Å². The van der Waals surface area contributed by atoms with Crippen LogP contribution in [0.25, 0.3) is 0 Å². The number of likely N-dealkylation sites (N-methyl/N-ethyl adjacent to an activating group) is 1. The van der Waals surface area contributed by atoms with Gasteiger partial charge in [0.15, 0.2) is 0 Å². The highest BCUT2D eigenvalue weighted by Crippen LogP contribution is 2.17. The van der Waals surface area contributed by atoms with Crippen molar-refractivity contribution < 1.29 is 4.74 Å². The van der Waals surface area contributed by atoms with E-state index in [1.54, 1.807) is 0 Å². The zero-order valence-corrected chi connectivity index (χ0v) is 14.7. The molecule has 0 aromatic heterocycles. The van der Waals surface area contributed by atoms with E-state index in [2.05, 4.69) is 55.6 Å². The van der Waals surface area contributed by atoms with Crippen LogP contribution in [0, 0.1) is 0 Å². The van der Waals surface area contributed by atoms with Crippen molar-refractivity contribution in [1.29, 1.82) is 0 Å². The second-order valence-electron chi connectivity index (χ2n) is 5.23. The summed E-state index contributed by atoms with van der Waals surface area (Å²) < 4.78 is 5.99. The third-order valence-corrected chi connectivity index (χ3v) is 4.41. The van der Waals surface area contributed by atoms with Crippen LogP contribution < -0.4 is 10.1 Å². The molecular formula is C17H30N2OS. The van der Waals surface area contributed by atoms with Gasteiger partial charge in [0, 0.05) is 30.4 Å². The zero-order valence-electron chi connectivity index (χ0n) is 13.9. The molecule has 1 atom stereocenters.